The lowest BCUT2D eigenvalue weighted by atomic mass is 10.1. The summed E-state index contributed by atoms with van der Waals surface area (Å²) in [5, 5.41) is 2.47. The van der Waals surface area contributed by atoms with Crippen molar-refractivity contribution in [1.82, 2.24) is 0 Å². The lowest BCUT2D eigenvalue weighted by Crippen LogP contribution is -2.15. The van der Waals surface area contributed by atoms with E-state index in [0.29, 0.717) is 0 Å². The molecule has 0 unspecified atom stereocenters. The summed E-state index contributed by atoms with van der Waals surface area (Å²) in [6.07, 6.45) is 3.98. The molecule has 1 nitrogen and oxygen atoms in total. The summed E-state index contributed by atoms with van der Waals surface area (Å²) in [5.74, 6) is 0. The van der Waals surface area contributed by atoms with Gasteiger partial charge >= 0.3 is 0 Å². The van der Waals surface area contributed by atoms with Crippen LogP contribution in [0.1, 0.15) is 6.92 Å². The Bertz CT molecular complexity index is 810. The SMILES string of the molecule is C=C/C(=C\C)N(c1ccccc1)c1cccc2ccccc12. The Morgan fingerprint density at radius 1 is 0.864 bits per heavy atom. The van der Waals surface area contributed by atoms with Crippen molar-refractivity contribution in [3.63, 3.8) is 0 Å². The van der Waals surface area contributed by atoms with Crippen molar-refractivity contribution >= 4 is 22.1 Å². The molecule has 0 N–H and O–H groups in total. The van der Waals surface area contributed by atoms with Gasteiger partial charge in [0.05, 0.1) is 5.69 Å². The van der Waals surface area contributed by atoms with Crippen LogP contribution < -0.4 is 4.90 Å². The number of fused-ring (bicyclic) bond motifs is 1. The van der Waals surface area contributed by atoms with Gasteiger partial charge in [-0.15, -0.1) is 0 Å². The molecule has 3 rings (SSSR count). The largest absolute Gasteiger partial charge is 0.310 e. The maximum Gasteiger partial charge on any atom is 0.0539 e. The predicted octanol–water partition coefficient (Wildman–Crippen LogP) is 6.07. The molecule has 0 amide bonds. The normalized spacial score (nSPS) is 11.4. The minimum Gasteiger partial charge on any atom is -0.310 e. The molecule has 108 valence electrons. The molecule has 0 atom stereocenters. The highest BCUT2D eigenvalue weighted by Crippen LogP contribution is 2.35. The minimum absolute atomic E-state index is 1.07. The Balaban J connectivity index is 2.27. The third kappa shape index (κ3) is 2.53. The van der Waals surface area contributed by atoms with Crippen LogP contribution in [0.15, 0.2) is 97.2 Å². The van der Waals surface area contributed by atoms with E-state index >= 15 is 0 Å². The van der Waals surface area contributed by atoms with E-state index in [2.05, 4.69) is 84.3 Å². The molecule has 0 saturated heterocycles. The molecule has 0 fully saturated rings. The molecule has 0 spiro atoms. The molecule has 0 aliphatic rings. The fraction of sp³-hybridized carbons (Fsp3) is 0.0476. The van der Waals surface area contributed by atoms with Gasteiger partial charge in [0.15, 0.2) is 0 Å². The summed E-state index contributed by atoms with van der Waals surface area (Å²) in [6, 6.07) is 25.3. The van der Waals surface area contributed by atoms with Crippen molar-refractivity contribution in [2.45, 2.75) is 6.92 Å². The Morgan fingerprint density at radius 3 is 2.27 bits per heavy atom. The van der Waals surface area contributed by atoms with E-state index < -0.39 is 0 Å². The van der Waals surface area contributed by atoms with Crippen LogP contribution in [0.5, 0.6) is 0 Å². The zero-order valence-corrected chi connectivity index (χ0v) is 12.7. The van der Waals surface area contributed by atoms with Crippen molar-refractivity contribution in [3.8, 4) is 0 Å². The van der Waals surface area contributed by atoms with Gasteiger partial charge in [-0.2, -0.15) is 0 Å². The molecule has 22 heavy (non-hydrogen) atoms. The van der Waals surface area contributed by atoms with Gasteiger partial charge in [0.25, 0.3) is 0 Å². The highest BCUT2D eigenvalue weighted by Gasteiger charge is 2.14. The van der Waals surface area contributed by atoms with Crippen molar-refractivity contribution in [2.75, 3.05) is 4.90 Å². The zero-order valence-electron chi connectivity index (χ0n) is 12.7. The van der Waals surface area contributed by atoms with E-state index in [1.54, 1.807) is 0 Å². The summed E-state index contributed by atoms with van der Waals surface area (Å²) in [5.41, 5.74) is 3.37. The average molecular weight is 285 g/mol. The Kier molecular flexibility index (Phi) is 4.06. The van der Waals surface area contributed by atoms with Gasteiger partial charge in [-0.05, 0) is 36.6 Å². The first-order chi connectivity index (χ1) is 10.8. The Hall–Kier alpha value is -2.80. The smallest absolute Gasteiger partial charge is 0.0539 e. The van der Waals surface area contributed by atoms with Gasteiger partial charge < -0.3 is 4.90 Å². The summed E-state index contributed by atoms with van der Waals surface area (Å²) < 4.78 is 0. The Labute approximate surface area is 131 Å². The number of anilines is 2. The van der Waals surface area contributed by atoms with Crippen LogP contribution in [0.25, 0.3) is 10.8 Å². The van der Waals surface area contributed by atoms with Gasteiger partial charge in [-0.25, -0.2) is 0 Å². The minimum atomic E-state index is 1.07. The second-order valence-corrected chi connectivity index (χ2v) is 5.09. The second kappa shape index (κ2) is 6.31. The first kappa shape index (κ1) is 14.2. The maximum absolute atomic E-state index is 3.97. The summed E-state index contributed by atoms with van der Waals surface area (Å²) in [7, 11) is 0. The third-order valence-corrected chi connectivity index (χ3v) is 3.79. The van der Waals surface area contributed by atoms with Crippen LogP contribution in [0.4, 0.5) is 11.4 Å². The lowest BCUT2D eigenvalue weighted by Gasteiger charge is -2.27. The number of para-hydroxylation sites is 1. The highest BCUT2D eigenvalue weighted by atomic mass is 15.1. The van der Waals surface area contributed by atoms with E-state index in [-0.39, 0.29) is 0 Å². The standard InChI is InChI=1S/C21H19N/c1-3-18(4-2)22(19-13-6-5-7-14-19)21-16-10-12-17-11-8-9-15-20(17)21/h3-16H,1H2,2H3/b18-4+. The molecule has 0 heterocycles. The fourth-order valence-electron chi connectivity index (χ4n) is 2.75. The average Bonchev–Trinajstić information content (AvgIpc) is 2.60. The number of hydrogen-bond donors (Lipinski definition) is 0. The number of rotatable bonds is 4. The van der Waals surface area contributed by atoms with Crippen LogP contribution >= 0.6 is 0 Å². The number of allylic oxidation sites excluding steroid dienone is 2. The van der Waals surface area contributed by atoms with Crippen LogP contribution in [0.2, 0.25) is 0 Å². The van der Waals surface area contributed by atoms with Gasteiger partial charge in [0, 0.05) is 16.8 Å². The van der Waals surface area contributed by atoms with Crippen LogP contribution in [-0.2, 0) is 0 Å². The first-order valence-corrected chi connectivity index (χ1v) is 7.47. The molecule has 0 aliphatic carbocycles. The van der Waals surface area contributed by atoms with E-state index in [4.69, 9.17) is 0 Å². The number of hydrogen-bond acceptors (Lipinski definition) is 1. The van der Waals surface area contributed by atoms with Gasteiger partial charge in [0.1, 0.15) is 0 Å². The number of nitrogens with zero attached hydrogens (tertiary/aromatic N) is 1. The molecule has 0 bridgehead atoms. The summed E-state index contributed by atoms with van der Waals surface area (Å²) in [4.78, 5) is 2.25. The molecule has 3 aromatic rings. The van der Waals surface area contributed by atoms with Crippen molar-refractivity contribution in [2.24, 2.45) is 0 Å². The molecule has 0 radical (unpaired) electrons. The van der Waals surface area contributed by atoms with Gasteiger partial charge in [0.2, 0.25) is 0 Å². The van der Waals surface area contributed by atoms with Crippen LogP contribution in [0.3, 0.4) is 0 Å². The van der Waals surface area contributed by atoms with Gasteiger partial charge in [-0.1, -0.05) is 67.3 Å². The molecule has 1 heteroatoms. The predicted molar refractivity (Wildman–Crippen MR) is 96.5 cm³/mol. The van der Waals surface area contributed by atoms with Crippen molar-refractivity contribution in [1.29, 1.82) is 0 Å². The first-order valence-electron chi connectivity index (χ1n) is 7.47. The molecular weight excluding hydrogens is 266 g/mol. The quantitative estimate of drug-likeness (QED) is 0.526. The summed E-state index contributed by atoms with van der Waals surface area (Å²) in [6.45, 7) is 6.01. The van der Waals surface area contributed by atoms with Crippen molar-refractivity contribution < 1.29 is 0 Å². The Morgan fingerprint density at radius 2 is 1.55 bits per heavy atom. The monoisotopic (exact) mass is 285 g/mol. The fourth-order valence-corrected chi connectivity index (χ4v) is 2.75. The third-order valence-electron chi connectivity index (χ3n) is 3.79. The van der Waals surface area contributed by atoms with Crippen LogP contribution in [-0.4, -0.2) is 0 Å². The van der Waals surface area contributed by atoms with E-state index in [1.165, 1.54) is 10.8 Å². The molecule has 3 aromatic carbocycles. The molecule has 0 aliphatic heterocycles. The van der Waals surface area contributed by atoms with E-state index in [9.17, 15) is 0 Å². The van der Waals surface area contributed by atoms with Gasteiger partial charge in [-0.3, -0.25) is 0 Å². The van der Waals surface area contributed by atoms with Crippen LogP contribution in [0, 0.1) is 0 Å². The lowest BCUT2D eigenvalue weighted by molar-refractivity contribution is 1.21. The molecule has 0 saturated carbocycles. The molecule has 0 aromatic heterocycles. The number of benzene rings is 3. The van der Waals surface area contributed by atoms with Crippen molar-refractivity contribution in [3.05, 3.63) is 97.2 Å². The maximum atomic E-state index is 3.97. The van der Waals surface area contributed by atoms with E-state index in [0.717, 1.165) is 17.1 Å². The summed E-state index contributed by atoms with van der Waals surface area (Å²) >= 11 is 0. The van der Waals surface area contributed by atoms with E-state index in [1.807, 2.05) is 19.1 Å². The zero-order chi connectivity index (χ0) is 15.4. The topological polar surface area (TPSA) is 3.24 Å². The highest BCUT2D eigenvalue weighted by molar-refractivity contribution is 5.97. The second-order valence-electron chi connectivity index (χ2n) is 5.09. The molecular formula is C21H19N.